The molecular weight excluding hydrogens is 535 g/mol. The summed E-state index contributed by atoms with van der Waals surface area (Å²) in [5.74, 6) is -1.03. The van der Waals surface area contributed by atoms with Crippen LogP contribution in [0, 0.1) is 0 Å². The van der Waals surface area contributed by atoms with Gasteiger partial charge in [0.1, 0.15) is 24.6 Å². The van der Waals surface area contributed by atoms with E-state index in [-0.39, 0.29) is 39.3 Å². The van der Waals surface area contributed by atoms with Crippen LogP contribution in [0.3, 0.4) is 0 Å². The molecule has 0 bridgehead atoms. The minimum atomic E-state index is -1.27. The number of halogens is 1. The fourth-order valence-electron chi connectivity index (χ4n) is 1.61. The quantitative estimate of drug-likeness (QED) is 0.288. The molecule has 10 nitrogen and oxygen atoms in total. The van der Waals surface area contributed by atoms with E-state index in [1.807, 2.05) is 0 Å². The number of ether oxygens (including phenoxy) is 1. The molecule has 23 heavy (non-hydrogen) atoms. The van der Waals surface area contributed by atoms with Crippen molar-refractivity contribution >= 4 is 16.7 Å². The Balaban J connectivity index is 0. The summed E-state index contributed by atoms with van der Waals surface area (Å²) >= 11 is 0. The number of rotatable bonds is 3. The predicted molar refractivity (Wildman–Crippen MR) is 71.5 cm³/mol. The number of primary amides is 1. The van der Waals surface area contributed by atoms with Gasteiger partial charge in [0.25, 0.3) is 5.91 Å². The zero-order valence-electron chi connectivity index (χ0n) is 12.2. The van der Waals surface area contributed by atoms with Gasteiger partial charge < -0.3 is 38.2 Å². The molecule has 13 heteroatoms. The number of aliphatic hydroxyl groups is 3. The molecule has 4 atom stereocenters. The first-order chi connectivity index (χ1) is 9.77. The van der Waals surface area contributed by atoms with Crippen molar-refractivity contribution in [1.29, 1.82) is 0 Å². The normalized spacial score (nSPS) is 25.8. The van der Waals surface area contributed by atoms with Crippen LogP contribution in [0.5, 0.6) is 0 Å². The maximum absolute atomic E-state index is 10.8. The molecule has 0 radical (unpaired) electrons. The second-order valence-corrected chi connectivity index (χ2v) is 5.87. The van der Waals surface area contributed by atoms with Gasteiger partial charge in [-0.1, -0.05) is 0 Å². The molecule has 2 rings (SSSR count). The Hall–Kier alpha value is -0.422. The molecule has 0 aliphatic carbocycles. The van der Waals surface area contributed by atoms with Crippen molar-refractivity contribution in [3.63, 3.8) is 0 Å². The van der Waals surface area contributed by atoms with Crippen LogP contribution in [-0.4, -0.2) is 77.6 Å². The number of aliphatic hydroxyl groups excluding tert-OH is 3. The van der Waals surface area contributed by atoms with Gasteiger partial charge in [-0.2, -0.15) is 0 Å². The third-order valence-electron chi connectivity index (χ3n) is 2.51. The molecule has 2 heterocycles. The number of carbonyl (C=O) groups is 1. The Bertz CT molecular complexity index is 517. The minimum Gasteiger partial charge on any atom is -1.00 e. The van der Waals surface area contributed by atoms with Gasteiger partial charge in [0.2, 0.25) is 5.82 Å². The van der Waals surface area contributed by atoms with Gasteiger partial charge >= 0.3 is 21.1 Å². The molecule has 1 saturated heterocycles. The van der Waals surface area contributed by atoms with Gasteiger partial charge in [-0.15, -0.1) is 5.10 Å². The summed E-state index contributed by atoms with van der Waals surface area (Å²) in [5, 5.41) is 31.8. The summed E-state index contributed by atoms with van der Waals surface area (Å²) in [7, 11) is -0.611. The molecular formula is C10H18ClN4O6PtS+. The number of nitrogens with two attached hydrogens (primary N) is 1. The number of amides is 1. The molecule has 1 fully saturated rings. The third-order valence-corrected chi connectivity index (χ3v) is 2.51. The van der Waals surface area contributed by atoms with Crippen molar-refractivity contribution < 1.29 is 62.5 Å². The van der Waals surface area contributed by atoms with E-state index >= 15 is 0 Å². The van der Waals surface area contributed by atoms with Gasteiger partial charge in [0, 0.05) is 23.3 Å². The van der Waals surface area contributed by atoms with Crippen molar-refractivity contribution in [2.24, 2.45) is 5.73 Å². The number of nitrogens with zero attached hydrogens (tertiary/aromatic N) is 3. The summed E-state index contributed by atoms with van der Waals surface area (Å²) in [5.41, 5.74) is 4.97. The molecule has 0 saturated carbocycles. The first kappa shape index (κ1) is 24.8. The van der Waals surface area contributed by atoms with Crippen LogP contribution in [-0.2, 0) is 36.6 Å². The Morgan fingerprint density at radius 1 is 1.43 bits per heavy atom. The number of carbonyl (C=O) groups excluding carboxylic acids is 1. The van der Waals surface area contributed by atoms with E-state index in [1.54, 1.807) is 12.5 Å². The van der Waals surface area contributed by atoms with Crippen LogP contribution >= 0.6 is 0 Å². The van der Waals surface area contributed by atoms with E-state index in [2.05, 4.69) is 10.1 Å². The SMILES string of the molecule is CS(C)=O.NC(=O)c1ncn([C@@H]2O[C@H](CO)[C@@H](O)[C@H]2O)n1.[Cl-].[Pt+2]. The van der Waals surface area contributed by atoms with E-state index in [9.17, 15) is 19.2 Å². The van der Waals surface area contributed by atoms with Crippen LogP contribution in [0.15, 0.2) is 6.33 Å². The Morgan fingerprint density at radius 3 is 2.30 bits per heavy atom. The molecule has 1 aliphatic heterocycles. The van der Waals surface area contributed by atoms with Gasteiger partial charge in [-0.25, -0.2) is 9.67 Å². The molecule has 136 valence electrons. The summed E-state index contributed by atoms with van der Waals surface area (Å²) in [6.45, 7) is -0.438. The zero-order chi connectivity index (χ0) is 16.2. The van der Waals surface area contributed by atoms with Crippen LogP contribution < -0.4 is 18.1 Å². The Kier molecular flexibility index (Phi) is 12.1. The van der Waals surface area contributed by atoms with E-state index in [0.717, 1.165) is 11.0 Å². The second-order valence-electron chi connectivity index (χ2n) is 4.38. The standard InChI is InChI=1S/C8H12N4O5.C2H6OS.ClH.Pt/c9-6(16)7-10-2-12(11-7)8-5(15)4(14)3(1-13)17-8;1-4(2)3;;/h2-5,8,13-15H,1H2,(H2,9,16);1-2H3;1H;/q;;;+2/p-1/t3-,4-,5-,8-;;;/m1.../s1. The fourth-order valence-corrected chi connectivity index (χ4v) is 1.61. The van der Waals surface area contributed by atoms with Crippen molar-refractivity contribution in [3.8, 4) is 0 Å². The molecule has 0 unspecified atom stereocenters. The minimum absolute atomic E-state index is 0. The first-order valence-corrected chi connectivity index (χ1v) is 7.83. The van der Waals surface area contributed by atoms with E-state index < -0.39 is 47.9 Å². The second kappa shape index (κ2) is 11.2. The number of aromatic nitrogens is 3. The third kappa shape index (κ3) is 6.92. The van der Waals surface area contributed by atoms with Crippen LogP contribution in [0.25, 0.3) is 0 Å². The summed E-state index contributed by atoms with van der Waals surface area (Å²) in [6, 6.07) is 0. The van der Waals surface area contributed by atoms with Gasteiger partial charge in [0.05, 0.1) is 6.61 Å². The summed E-state index contributed by atoms with van der Waals surface area (Å²) in [6.07, 6.45) is 0.0141. The van der Waals surface area contributed by atoms with Crippen LogP contribution in [0.1, 0.15) is 16.8 Å². The maximum Gasteiger partial charge on any atom is 2.00 e. The number of hydrogen-bond donors (Lipinski definition) is 4. The fraction of sp³-hybridized carbons (Fsp3) is 0.700. The molecule has 0 aromatic carbocycles. The predicted octanol–water partition coefficient (Wildman–Crippen LogP) is -6.02. The average Bonchev–Trinajstić information content (AvgIpc) is 2.96. The van der Waals surface area contributed by atoms with Crippen molar-refractivity contribution in [2.75, 3.05) is 19.1 Å². The van der Waals surface area contributed by atoms with E-state index in [0.29, 0.717) is 0 Å². The van der Waals surface area contributed by atoms with Crippen molar-refractivity contribution in [3.05, 3.63) is 12.2 Å². The Morgan fingerprint density at radius 2 is 1.96 bits per heavy atom. The Labute approximate surface area is 155 Å². The molecule has 1 aliphatic rings. The van der Waals surface area contributed by atoms with Crippen LogP contribution in [0.4, 0.5) is 0 Å². The molecule has 5 N–H and O–H groups in total. The van der Waals surface area contributed by atoms with Crippen molar-refractivity contribution in [2.45, 2.75) is 24.5 Å². The molecule has 0 spiro atoms. The monoisotopic (exact) mass is 552 g/mol. The van der Waals surface area contributed by atoms with Crippen molar-refractivity contribution in [1.82, 2.24) is 14.8 Å². The van der Waals surface area contributed by atoms with E-state index in [4.69, 9.17) is 15.6 Å². The average molecular weight is 553 g/mol. The van der Waals surface area contributed by atoms with E-state index in [1.165, 1.54) is 0 Å². The number of hydrogen-bond acceptors (Lipinski definition) is 8. The summed E-state index contributed by atoms with van der Waals surface area (Å²) in [4.78, 5) is 14.4. The topological polar surface area (TPSA) is 161 Å². The van der Waals surface area contributed by atoms with Gasteiger partial charge in [0.15, 0.2) is 6.23 Å². The van der Waals surface area contributed by atoms with Crippen LogP contribution in [0.2, 0.25) is 0 Å². The molecule has 1 aromatic heterocycles. The van der Waals surface area contributed by atoms with Gasteiger partial charge in [-0.05, 0) is 0 Å². The zero-order valence-corrected chi connectivity index (χ0v) is 16.0. The maximum atomic E-state index is 10.8. The molecule has 1 aromatic rings. The summed E-state index contributed by atoms with van der Waals surface area (Å²) < 4.78 is 15.8. The first-order valence-electron chi connectivity index (χ1n) is 5.86. The smallest absolute Gasteiger partial charge is 1.00 e. The molecule has 1 amide bonds. The largest absolute Gasteiger partial charge is 2.00 e. The van der Waals surface area contributed by atoms with Gasteiger partial charge in [-0.3, -0.25) is 9.00 Å².